The van der Waals surface area contributed by atoms with Crippen LogP contribution in [-0.2, 0) is 0 Å². The topological polar surface area (TPSA) is 12.0 Å². The van der Waals surface area contributed by atoms with E-state index in [2.05, 4.69) is 36.1 Å². The standard InChI is InChI=1S/C15H27NS/c1-3-4-5-6-7-8-9-10-15(16-2)14-11-12-17-13-14/h11-13,15-16H,3-10H2,1-2H3. The van der Waals surface area contributed by atoms with Crippen LogP contribution in [0.2, 0.25) is 0 Å². The summed E-state index contributed by atoms with van der Waals surface area (Å²) in [6.45, 7) is 2.28. The van der Waals surface area contributed by atoms with E-state index in [9.17, 15) is 0 Å². The Morgan fingerprint density at radius 1 is 1.12 bits per heavy atom. The molecule has 1 N–H and O–H groups in total. The lowest BCUT2D eigenvalue weighted by Gasteiger charge is -2.14. The maximum absolute atomic E-state index is 3.42. The van der Waals surface area contributed by atoms with Crippen LogP contribution in [0, 0.1) is 0 Å². The van der Waals surface area contributed by atoms with Crippen LogP contribution in [0.5, 0.6) is 0 Å². The molecule has 1 aromatic heterocycles. The van der Waals surface area contributed by atoms with Crippen LogP contribution in [0.1, 0.15) is 69.9 Å². The van der Waals surface area contributed by atoms with Gasteiger partial charge in [0.25, 0.3) is 0 Å². The molecule has 0 aliphatic carbocycles. The Morgan fingerprint density at radius 2 is 1.82 bits per heavy atom. The van der Waals surface area contributed by atoms with Gasteiger partial charge in [0, 0.05) is 6.04 Å². The smallest absolute Gasteiger partial charge is 0.0325 e. The van der Waals surface area contributed by atoms with Gasteiger partial charge in [-0.1, -0.05) is 51.9 Å². The average molecular weight is 253 g/mol. The van der Waals surface area contributed by atoms with Crippen LogP contribution in [0.15, 0.2) is 16.8 Å². The number of unbranched alkanes of at least 4 members (excludes halogenated alkanes) is 6. The molecule has 0 spiro atoms. The maximum Gasteiger partial charge on any atom is 0.0325 e. The molecule has 98 valence electrons. The number of rotatable bonds is 10. The molecule has 0 saturated heterocycles. The lowest BCUT2D eigenvalue weighted by molar-refractivity contribution is 0.497. The van der Waals surface area contributed by atoms with Crippen molar-refractivity contribution in [1.29, 1.82) is 0 Å². The third-order valence-corrected chi connectivity index (χ3v) is 4.09. The summed E-state index contributed by atoms with van der Waals surface area (Å²) >= 11 is 1.80. The molecule has 17 heavy (non-hydrogen) atoms. The van der Waals surface area contributed by atoms with Crippen LogP contribution in [0.4, 0.5) is 0 Å². The molecular formula is C15H27NS. The predicted molar refractivity (Wildman–Crippen MR) is 78.7 cm³/mol. The van der Waals surface area contributed by atoms with E-state index in [1.807, 2.05) is 0 Å². The molecule has 1 aromatic rings. The van der Waals surface area contributed by atoms with Crippen molar-refractivity contribution >= 4 is 11.3 Å². The van der Waals surface area contributed by atoms with E-state index in [1.54, 1.807) is 11.3 Å². The van der Waals surface area contributed by atoms with Crippen molar-refractivity contribution in [3.8, 4) is 0 Å². The Morgan fingerprint density at radius 3 is 2.41 bits per heavy atom. The minimum Gasteiger partial charge on any atom is -0.313 e. The highest BCUT2D eigenvalue weighted by Crippen LogP contribution is 2.22. The maximum atomic E-state index is 3.42. The number of hydrogen-bond acceptors (Lipinski definition) is 2. The Hall–Kier alpha value is -0.340. The highest BCUT2D eigenvalue weighted by atomic mass is 32.1. The lowest BCUT2D eigenvalue weighted by atomic mass is 10.0. The van der Waals surface area contributed by atoms with E-state index in [1.165, 1.54) is 56.9 Å². The number of nitrogens with one attached hydrogen (secondary N) is 1. The third kappa shape index (κ3) is 6.23. The molecule has 0 aliphatic heterocycles. The fourth-order valence-electron chi connectivity index (χ4n) is 2.26. The SMILES string of the molecule is CCCCCCCCCC(NC)c1ccsc1. The highest BCUT2D eigenvalue weighted by molar-refractivity contribution is 7.07. The lowest BCUT2D eigenvalue weighted by Crippen LogP contribution is -2.15. The molecule has 1 nitrogen and oxygen atoms in total. The zero-order chi connectivity index (χ0) is 12.3. The first-order valence-corrected chi connectivity index (χ1v) is 8.02. The molecule has 0 radical (unpaired) electrons. The van der Waals surface area contributed by atoms with Gasteiger partial charge in [0.1, 0.15) is 0 Å². The van der Waals surface area contributed by atoms with Gasteiger partial charge in [-0.2, -0.15) is 11.3 Å². The summed E-state index contributed by atoms with van der Waals surface area (Å²) in [5.41, 5.74) is 1.46. The molecule has 1 heterocycles. The van der Waals surface area contributed by atoms with Crippen LogP contribution in [-0.4, -0.2) is 7.05 Å². The first-order valence-electron chi connectivity index (χ1n) is 7.07. The van der Waals surface area contributed by atoms with E-state index in [0.29, 0.717) is 6.04 Å². The number of thiophene rings is 1. The molecule has 0 aromatic carbocycles. The van der Waals surface area contributed by atoms with Crippen molar-refractivity contribution < 1.29 is 0 Å². The van der Waals surface area contributed by atoms with Crippen molar-refractivity contribution in [2.75, 3.05) is 7.05 Å². The molecule has 0 amide bonds. The predicted octanol–water partition coefficient (Wildman–Crippen LogP) is 5.15. The van der Waals surface area contributed by atoms with Gasteiger partial charge in [0.2, 0.25) is 0 Å². The highest BCUT2D eigenvalue weighted by Gasteiger charge is 2.08. The monoisotopic (exact) mass is 253 g/mol. The van der Waals surface area contributed by atoms with E-state index in [0.717, 1.165) is 0 Å². The largest absolute Gasteiger partial charge is 0.313 e. The zero-order valence-corrected chi connectivity index (χ0v) is 12.2. The molecule has 1 atom stereocenters. The summed E-state index contributed by atoms with van der Waals surface area (Å²) in [7, 11) is 2.07. The Kier molecular flexibility index (Phi) is 8.37. The number of hydrogen-bond donors (Lipinski definition) is 1. The first-order chi connectivity index (χ1) is 8.38. The van der Waals surface area contributed by atoms with Crippen LogP contribution < -0.4 is 5.32 Å². The second kappa shape index (κ2) is 9.67. The van der Waals surface area contributed by atoms with Crippen LogP contribution >= 0.6 is 11.3 Å². The minimum absolute atomic E-state index is 0.567. The summed E-state index contributed by atoms with van der Waals surface area (Å²) < 4.78 is 0. The van der Waals surface area contributed by atoms with E-state index < -0.39 is 0 Å². The molecule has 1 unspecified atom stereocenters. The Bertz CT molecular complexity index is 256. The summed E-state index contributed by atoms with van der Waals surface area (Å²) in [4.78, 5) is 0. The molecule has 2 heteroatoms. The average Bonchev–Trinajstić information content (AvgIpc) is 2.86. The summed E-state index contributed by atoms with van der Waals surface area (Å²) in [5.74, 6) is 0. The third-order valence-electron chi connectivity index (χ3n) is 3.39. The van der Waals surface area contributed by atoms with E-state index in [-0.39, 0.29) is 0 Å². The normalized spacial score (nSPS) is 12.8. The van der Waals surface area contributed by atoms with Gasteiger partial charge in [-0.25, -0.2) is 0 Å². The quantitative estimate of drug-likeness (QED) is 0.569. The van der Waals surface area contributed by atoms with Crippen LogP contribution in [0.25, 0.3) is 0 Å². The summed E-state index contributed by atoms with van der Waals surface area (Å²) in [5, 5.41) is 7.86. The molecule has 0 fully saturated rings. The zero-order valence-electron chi connectivity index (χ0n) is 11.4. The second-order valence-electron chi connectivity index (χ2n) is 4.81. The van der Waals surface area contributed by atoms with E-state index in [4.69, 9.17) is 0 Å². The fourth-order valence-corrected chi connectivity index (χ4v) is 2.97. The fraction of sp³-hybridized carbons (Fsp3) is 0.733. The molecule has 0 saturated carbocycles. The Labute approximate surface area is 111 Å². The van der Waals surface area contributed by atoms with Gasteiger partial charge in [-0.3, -0.25) is 0 Å². The van der Waals surface area contributed by atoms with Gasteiger partial charge in [0.15, 0.2) is 0 Å². The van der Waals surface area contributed by atoms with E-state index >= 15 is 0 Å². The van der Waals surface area contributed by atoms with Crippen molar-refractivity contribution in [2.24, 2.45) is 0 Å². The van der Waals surface area contributed by atoms with Crippen molar-refractivity contribution in [3.63, 3.8) is 0 Å². The summed E-state index contributed by atoms with van der Waals surface area (Å²) in [6.07, 6.45) is 11.1. The second-order valence-corrected chi connectivity index (χ2v) is 5.59. The molecule has 0 aliphatic rings. The van der Waals surface area contributed by atoms with Gasteiger partial charge in [-0.05, 0) is 35.9 Å². The van der Waals surface area contributed by atoms with Crippen molar-refractivity contribution in [3.05, 3.63) is 22.4 Å². The molecular weight excluding hydrogens is 226 g/mol. The first kappa shape index (κ1) is 14.7. The van der Waals surface area contributed by atoms with Gasteiger partial charge in [0.05, 0.1) is 0 Å². The molecule has 0 bridgehead atoms. The van der Waals surface area contributed by atoms with Gasteiger partial charge < -0.3 is 5.32 Å². The summed E-state index contributed by atoms with van der Waals surface area (Å²) in [6, 6.07) is 2.81. The van der Waals surface area contributed by atoms with Gasteiger partial charge in [-0.15, -0.1) is 0 Å². The van der Waals surface area contributed by atoms with Crippen molar-refractivity contribution in [1.82, 2.24) is 5.32 Å². The van der Waals surface area contributed by atoms with Crippen molar-refractivity contribution in [2.45, 2.75) is 64.3 Å². The Balaban J connectivity index is 2.04. The molecule has 1 rings (SSSR count). The van der Waals surface area contributed by atoms with Gasteiger partial charge >= 0.3 is 0 Å². The van der Waals surface area contributed by atoms with Crippen LogP contribution in [0.3, 0.4) is 0 Å². The minimum atomic E-state index is 0.567.